The predicted molar refractivity (Wildman–Crippen MR) is 101 cm³/mol. The van der Waals surface area contributed by atoms with Crippen LogP contribution < -0.4 is 0 Å². The van der Waals surface area contributed by atoms with Gasteiger partial charge in [-0.25, -0.2) is 0 Å². The summed E-state index contributed by atoms with van der Waals surface area (Å²) in [5.41, 5.74) is 4.89. The highest BCUT2D eigenvalue weighted by Crippen LogP contribution is 2.34. The van der Waals surface area contributed by atoms with Gasteiger partial charge in [0.25, 0.3) is 5.91 Å². The normalized spacial score (nSPS) is 15.8. The lowest BCUT2D eigenvalue weighted by Crippen LogP contribution is -2.38. The predicted octanol–water partition coefficient (Wildman–Crippen LogP) is 4.35. The van der Waals surface area contributed by atoms with Gasteiger partial charge < -0.3 is 4.90 Å². The molecule has 1 amide bonds. The van der Waals surface area contributed by atoms with Crippen molar-refractivity contribution in [2.24, 2.45) is 0 Å². The number of hydrogen-bond donors (Lipinski definition) is 0. The number of carbonyl (C=O) groups is 1. The second-order valence-electron chi connectivity index (χ2n) is 6.54. The fourth-order valence-corrected chi connectivity index (χ4v) is 3.60. The van der Waals surface area contributed by atoms with Gasteiger partial charge in [0, 0.05) is 24.6 Å². The maximum absolute atomic E-state index is 13.0. The van der Waals surface area contributed by atoms with E-state index in [1.807, 2.05) is 29.2 Å². The molecule has 1 heterocycles. The third-order valence-electron chi connectivity index (χ3n) is 4.94. The molecule has 0 unspecified atom stereocenters. The molecule has 0 N–H and O–H groups in total. The van der Waals surface area contributed by atoms with Crippen LogP contribution in [0.4, 0.5) is 0 Å². The molecule has 0 radical (unpaired) electrons. The summed E-state index contributed by atoms with van der Waals surface area (Å²) < 4.78 is 0. The van der Waals surface area contributed by atoms with E-state index in [4.69, 9.17) is 5.26 Å². The Kier molecular flexibility index (Phi) is 4.25. The van der Waals surface area contributed by atoms with Gasteiger partial charge in [-0.1, -0.05) is 54.6 Å². The first-order valence-electron chi connectivity index (χ1n) is 8.68. The van der Waals surface area contributed by atoms with Gasteiger partial charge >= 0.3 is 0 Å². The Labute approximate surface area is 153 Å². The third kappa shape index (κ3) is 2.98. The first-order chi connectivity index (χ1) is 12.8. The van der Waals surface area contributed by atoms with Gasteiger partial charge in [0.2, 0.25) is 0 Å². The number of nitriles is 1. The van der Waals surface area contributed by atoms with Crippen molar-refractivity contribution in [3.63, 3.8) is 0 Å². The minimum Gasteiger partial charge on any atom is -0.333 e. The molecule has 126 valence electrons. The number of fused-ring (bicyclic) bond motifs is 1. The molecule has 0 saturated carbocycles. The van der Waals surface area contributed by atoms with Gasteiger partial charge in [0.05, 0.1) is 11.6 Å². The average molecular weight is 338 g/mol. The van der Waals surface area contributed by atoms with Gasteiger partial charge in [0.1, 0.15) is 0 Å². The molecule has 26 heavy (non-hydrogen) atoms. The van der Waals surface area contributed by atoms with Gasteiger partial charge in [0.15, 0.2) is 0 Å². The second-order valence-corrected chi connectivity index (χ2v) is 6.54. The molecular weight excluding hydrogens is 320 g/mol. The van der Waals surface area contributed by atoms with E-state index in [9.17, 15) is 4.79 Å². The second kappa shape index (κ2) is 6.85. The molecule has 3 heteroatoms. The van der Waals surface area contributed by atoms with E-state index in [1.54, 1.807) is 24.3 Å². The summed E-state index contributed by atoms with van der Waals surface area (Å²) in [6, 6.07) is 27.6. The quantitative estimate of drug-likeness (QED) is 0.697. The summed E-state index contributed by atoms with van der Waals surface area (Å²) in [6.45, 7) is 1.26. The molecule has 0 aromatic heterocycles. The van der Waals surface area contributed by atoms with Gasteiger partial charge in [-0.15, -0.1) is 0 Å². The SMILES string of the molecule is N#Cc1ccc(C(=O)N2Cc3ccccc3[C@@H](c3ccccc3)C2)cc1. The number of amides is 1. The Morgan fingerprint density at radius 3 is 2.35 bits per heavy atom. The fourth-order valence-electron chi connectivity index (χ4n) is 3.60. The highest BCUT2D eigenvalue weighted by Gasteiger charge is 2.29. The van der Waals surface area contributed by atoms with Crippen LogP contribution in [0.25, 0.3) is 0 Å². The Morgan fingerprint density at radius 1 is 0.923 bits per heavy atom. The standard InChI is InChI=1S/C23H18N2O/c24-14-17-10-12-19(13-11-17)23(26)25-15-20-8-4-5-9-21(20)22(16-25)18-6-2-1-3-7-18/h1-13,22H,15-16H2/t22-/m1/s1. The number of benzene rings is 3. The van der Waals surface area contributed by atoms with Crippen molar-refractivity contribution in [2.75, 3.05) is 6.54 Å². The number of nitrogens with zero attached hydrogens (tertiary/aromatic N) is 2. The fraction of sp³-hybridized carbons (Fsp3) is 0.130. The molecule has 0 fully saturated rings. The first kappa shape index (κ1) is 16.1. The molecule has 1 atom stereocenters. The van der Waals surface area contributed by atoms with Crippen LogP contribution in [0.1, 0.15) is 38.5 Å². The van der Waals surface area contributed by atoms with Crippen LogP contribution >= 0.6 is 0 Å². The summed E-state index contributed by atoms with van der Waals surface area (Å²) in [7, 11) is 0. The summed E-state index contributed by atoms with van der Waals surface area (Å²) in [5, 5.41) is 8.94. The zero-order valence-corrected chi connectivity index (χ0v) is 14.3. The van der Waals surface area contributed by atoms with Crippen molar-refractivity contribution in [3.8, 4) is 6.07 Å². The topological polar surface area (TPSA) is 44.1 Å². The van der Waals surface area contributed by atoms with E-state index in [1.165, 1.54) is 16.7 Å². The van der Waals surface area contributed by atoms with Gasteiger partial charge in [-0.2, -0.15) is 5.26 Å². The Balaban J connectivity index is 1.68. The molecule has 3 nitrogen and oxygen atoms in total. The van der Waals surface area contributed by atoms with Crippen LogP contribution in [0.3, 0.4) is 0 Å². The molecule has 0 spiro atoms. The summed E-state index contributed by atoms with van der Waals surface area (Å²) in [6.07, 6.45) is 0. The highest BCUT2D eigenvalue weighted by molar-refractivity contribution is 5.94. The number of hydrogen-bond acceptors (Lipinski definition) is 2. The lowest BCUT2D eigenvalue weighted by atomic mass is 9.84. The van der Waals surface area contributed by atoms with Crippen molar-refractivity contribution < 1.29 is 4.79 Å². The maximum atomic E-state index is 13.0. The van der Waals surface area contributed by atoms with E-state index in [-0.39, 0.29) is 11.8 Å². The monoisotopic (exact) mass is 338 g/mol. The van der Waals surface area contributed by atoms with Crippen LogP contribution in [-0.4, -0.2) is 17.4 Å². The molecule has 3 aromatic carbocycles. The number of rotatable bonds is 2. The van der Waals surface area contributed by atoms with Gasteiger partial charge in [-0.3, -0.25) is 4.79 Å². The zero-order chi connectivity index (χ0) is 17.9. The van der Waals surface area contributed by atoms with Crippen LogP contribution in [0.15, 0.2) is 78.9 Å². The average Bonchev–Trinajstić information content (AvgIpc) is 2.73. The lowest BCUT2D eigenvalue weighted by molar-refractivity contribution is 0.0725. The Hall–Kier alpha value is -3.38. The summed E-state index contributed by atoms with van der Waals surface area (Å²) in [5.74, 6) is 0.174. The van der Waals surface area contributed by atoms with E-state index < -0.39 is 0 Å². The smallest absolute Gasteiger partial charge is 0.254 e. The Bertz CT molecular complexity index is 971. The maximum Gasteiger partial charge on any atom is 0.254 e. The molecule has 1 aliphatic heterocycles. The summed E-state index contributed by atoms with van der Waals surface area (Å²) >= 11 is 0. The molecule has 0 saturated heterocycles. The van der Waals surface area contributed by atoms with E-state index in [0.717, 1.165) is 0 Å². The van der Waals surface area contributed by atoms with Crippen LogP contribution in [0.5, 0.6) is 0 Å². The lowest BCUT2D eigenvalue weighted by Gasteiger charge is -2.35. The molecule has 0 aliphatic carbocycles. The van der Waals surface area contributed by atoms with Crippen molar-refractivity contribution in [1.82, 2.24) is 4.90 Å². The van der Waals surface area contributed by atoms with E-state index in [2.05, 4.69) is 36.4 Å². The van der Waals surface area contributed by atoms with Crippen molar-refractivity contribution in [3.05, 3.63) is 107 Å². The van der Waals surface area contributed by atoms with Crippen molar-refractivity contribution in [1.29, 1.82) is 5.26 Å². The van der Waals surface area contributed by atoms with Crippen molar-refractivity contribution >= 4 is 5.91 Å². The van der Waals surface area contributed by atoms with Crippen LogP contribution in [0.2, 0.25) is 0 Å². The van der Waals surface area contributed by atoms with E-state index in [0.29, 0.717) is 24.2 Å². The highest BCUT2D eigenvalue weighted by atomic mass is 16.2. The molecule has 4 rings (SSSR count). The van der Waals surface area contributed by atoms with E-state index >= 15 is 0 Å². The largest absolute Gasteiger partial charge is 0.333 e. The first-order valence-corrected chi connectivity index (χ1v) is 8.68. The minimum atomic E-state index is 0.00456. The molecule has 3 aromatic rings. The van der Waals surface area contributed by atoms with Gasteiger partial charge in [-0.05, 0) is 41.0 Å². The minimum absolute atomic E-state index is 0.00456. The third-order valence-corrected chi connectivity index (χ3v) is 4.94. The molecule has 1 aliphatic rings. The summed E-state index contributed by atoms with van der Waals surface area (Å²) in [4.78, 5) is 14.9. The van der Waals surface area contributed by atoms with Crippen molar-refractivity contribution in [2.45, 2.75) is 12.5 Å². The Morgan fingerprint density at radius 2 is 1.62 bits per heavy atom. The molecule has 0 bridgehead atoms. The molecular formula is C23H18N2O. The van der Waals surface area contributed by atoms with Crippen LogP contribution in [-0.2, 0) is 6.54 Å². The van der Waals surface area contributed by atoms with Crippen LogP contribution in [0, 0.1) is 11.3 Å². The zero-order valence-electron chi connectivity index (χ0n) is 14.3. The number of carbonyl (C=O) groups excluding carboxylic acids is 1.